The van der Waals surface area contributed by atoms with Crippen molar-refractivity contribution in [1.29, 1.82) is 0 Å². The first kappa shape index (κ1) is 19.5. The zero-order valence-corrected chi connectivity index (χ0v) is 15.9. The van der Waals surface area contributed by atoms with E-state index in [-0.39, 0.29) is 24.1 Å². The van der Waals surface area contributed by atoms with E-state index in [1.807, 2.05) is 11.9 Å². The van der Waals surface area contributed by atoms with Crippen LogP contribution in [0.4, 0.5) is 0 Å². The highest BCUT2D eigenvalue weighted by atomic mass is 16.2. The Kier molecular flexibility index (Phi) is 5.61. The number of piperazine rings is 1. The number of aromatic nitrogens is 2. The second-order valence-electron chi connectivity index (χ2n) is 7.73. The fourth-order valence-electron chi connectivity index (χ4n) is 4.17. The van der Waals surface area contributed by atoms with Gasteiger partial charge < -0.3 is 20.9 Å². The van der Waals surface area contributed by atoms with Crippen molar-refractivity contribution in [3.8, 4) is 0 Å². The molecule has 0 aromatic carbocycles. The summed E-state index contributed by atoms with van der Waals surface area (Å²) < 4.78 is 0. The molecule has 3 rings (SSSR count). The van der Waals surface area contributed by atoms with Crippen LogP contribution >= 0.6 is 0 Å². The van der Waals surface area contributed by atoms with Gasteiger partial charge in [0.05, 0.1) is 18.9 Å². The van der Waals surface area contributed by atoms with E-state index in [1.54, 1.807) is 12.5 Å². The number of nitrogens with one attached hydrogen (secondary N) is 2. The molecule has 2 fully saturated rings. The number of imidazole rings is 1. The molecule has 0 spiro atoms. The van der Waals surface area contributed by atoms with Crippen LogP contribution in [0.1, 0.15) is 38.3 Å². The number of amides is 2. The van der Waals surface area contributed by atoms with Crippen molar-refractivity contribution >= 4 is 17.6 Å². The summed E-state index contributed by atoms with van der Waals surface area (Å²) in [5.41, 5.74) is 6.59. The van der Waals surface area contributed by atoms with Gasteiger partial charge in [0.1, 0.15) is 11.7 Å². The van der Waals surface area contributed by atoms with Gasteiger partial charge in [-0.05, 0) is 46.1 Å². The number of likely N-dealkylation sites (N-methyl/N-ethyl adjacent to an activating group) is 1. The topological polar surface area (TPSA) is 124 Å². The molecule has 9 nitrogen and oxygen atoms in total. The van der Waals surface area contributed by atoms with Gasteiger partial charge in [-0.2, -0.15) is 0 Å². The van der Waals surface area contributed by atoms with Gasteiger partial charge in [-0.3, -0.25) is 19.3 Å². The molecule has 2 aliphatic heterocycles. The second-order valence-corrected chi connectivity index (χ2v) is 7.73. The monoisotopic (exact) mass is 376 g/mol. The predicted octanol–water partition coefficient (Wildman–Crippen LogP) is -0.602. The van der Waals surface area contributed by atoms with E-state index < -0.39 is 17.7 Å². The molecule has 3 atom stereocenters. The zero-order valence-electron chi connectivity index (χ0n) is 15.9. The molecule has 9 heteroatoms. The first-order valence-corrected chi connectivity index (χ1v) is 9.38. The van der Waals surface area contributed by atoms with Crippen LogP contribution in [0.3, 0.4) is 0 Å². The molecular weight excluding hydrogens is 348 g/mol. The van der Waals surface area contributed by atoms with Gasteiger partial charge >= 0.3 is 0 Å². The van der Waals surface area contributed by atoms with E-state index in [1.165, 1.54) is 11.8 Å². The molecule has 1 aromatic rings. The highest BCUT2D eigenvalue weighted by Gasteiger charge is 2.52. The first-order chi connectivity index (χ1) is 12.8. The number of hydrogen-bond donors (Lipinski definition) is 3. The number of fused-ring (bicyclic) bond motifs is 1. The first-order valence-electron chi connectivity index (χ1n) is 9.38. The van der Waals surface area contributed by atoms with Gasteiger partial charge in [0.25, 0.3) is 0 Å². The van der Waals surface area contributed by atoms with Gasteiger partial charge in [-0.1, -0.05) is 0 Å². The second kappa shape index (κ2) is 7.77. The Morgan fingerprint density at radius 1 is 1.52 bits per heavy atom. The Balaban J connectivity index is 1.60. The Hall–Kier alpha value is -2.26. The SMILES string of the molecule is CC(=O)C(CCCc1cnc[nH]1)NC(=O)C1CCC2(N)CN(C)CC(=O)N12. The summed E-state index contributed by atoms with van der Waals surface area (Å²) in [5.74, 6) is -0.515. The number of rotatable bonds is 7. The molecule has 3 unspecified atom stereocenters. The molecule has 27 heavy (non-hydrogen) atoms. The van der Waals surface area contributed by atoms with Crippen molar-refractivity contribution in [1.82, 2.24) is 25.1 Å². The normalized spacial score (nSPS) is 26.7. The zero-order chi connectivity index (χ0) is 19.6. The number of aryl methyl sites for hydroxylation is 1. The van der Waals surface area contributed by atoms with Crippen LogP contribution in [-0.4, -0.2) is 75.2 Å². The number of nitrogens with two attached hydrogens (primary N) is 1. The molecule has 1 aromatic heterocycles. The average Bonchev–Trinajstić information content (AvgIpc) is 3.20. The Morgan fingerprint density at radius 2 is 2.30 bits per heavy atom. The third-order valence-corrected chi connectivity index (χ3v) is 5.46. The number of hydrogen-bond acceptors (Lipinski definition) is 6. The maximum Gasteiger partial charge on any atom is 0.243 e. The molecule has 2 saturated heterocycles. The van der Waals surface area contributed by atoms with Gasteiger partial charge in [0.15, 0.2) is 5.78 Å². The van der Waals surface area contributed by atoms with E-state index in [0.717, 1.165) is 18.5 Å². The standard InChI is InChI=1S/C18H28N6O3/c1-12(25)14(5-3-4-13-8-20-11-21-13)22-17(27)15-6-7-18(19)10-23(2)9-16(26)24(15)18/h8,11,14-15H,3-7,9-10,19H2,1-2H3,(H,20,21)(H,22,27). The highest BCUT2D eigenvalue weighted by Crippen LogP contribution is 2.33. The number of Topliss-reactive ketones (excluding diaryl/α,β-unsaturated/α-hetero) is 1. The summed E-state index contributed by atoms with van der Waals surface area (Å²) in [6, 6.07) is -1.17. The van der Waals surface area contributed by atoms with Crippen LogP contribution < -0.4 is 11.1 Å². The molecule has 3 heterocycles. The largest absolute Gasteiger partial charge is 0.348 e. The molecule has 2 aliphatic rings. The quantitative estimate of drug-likeness (QED) is 0.584. The predicted molar refractivity (Wildman–Crippen MR) is 98.4 cm³/mol. The molecule has 4 N–H and O–H groups in total. The van der Waals surface area contributed by atoms with Crippen LogP contribution in [-0.2, 0) is 20.8 Å². The van der Waals surface area contributed by atoms with Gasteiger partial charge in [0.2, 0.25) is 11.8 Å². The van der Waals surface area contributed by atoms with Crippen LogP contribution in [0.2, 0.25) is 0 Å². The van der Waals surface area contributed by atoms with Crippen molar-refractivity contribution in [2.75, 3.05) is 20.1 Å². The third kappa shape index (κ3) is 4.19. The van der Waals surface area contributed by atoms with Crippen LogP contribution in [0.5, 0.6) is 0 Å². The summed E-state index contributed by atoms with van der Waals surface area (Å²) in [6.07, 6.45) is 6.49. The number of carbonyl (C=O) groups is 3. The molecule has 148 valence electrons. The summed E-state index contributed by atoms with van der Waals surface area (Å²) in [6.45, 7) is 2.27. The van der Waals surface area contributed by atoms with E-state index in [2.05, 4.69) is 15.3 Å². The maximum atomic E-state index is 12.8. The van der Waals surface area contributed by atoms with Crippen molar-refractivity contribution < 1.29 is 14.4 Å². The average molecular weight is 376 g/mol. The lowest BCUT2D eigenvalue weighted by Crippen LogP contribution is -2.69. The Bertz CT molecular complexity index is 706. The lowest BCUT2D eigenvalue weighted by atomic mass is 10.0. The van der Waals surface area contributed by atoms with Crippen molar-refractivity contribution in [2.45, 2.75) is 56.8 Å². The third-order valence-electron chi connectivity index (χ3n) is 5.46. The van der Waals surface area contributed by atoms with Crippen LogP contribution in [0, 0.1) is 0 Å². The van der Waals surface area contributed by atoms with Crippen molar-refractivity contribution in [2.24, 2.45) is 5.73 Å². The molecule has 0 bridgehead atoms. The van der Waals surface area contributed by atoms with E-state index in [0.29, 0.717) is 25.8 Å². The molecule has 0 aliphatic carbocycles. The Morgan fingerprint density at radius 3 is 2.96 bits per heavy atom. The number of nitrogens with zero attached hydrogens (tertiary/aromatic N) is 3. The molecular formula is C18H28N6O3. The minimum Gasteiger partial charge on any atom is -0.348 e. The fourth-order valence-corrected chi connectivity index (χ4v) is 4.17. The smallest absolute Gasteiger partial charge is 0.243 e. The molecule has 2 amide bonds. The summed E-state index contributed by atoms with van der Waals surface area (Å²) in [4.78, 5) is 47.7. The van der Waals surface area contributed by atoms with E-state index in [4.69, 9.17) is 5.73 Å². The number of ketones is 1. The lowest BCUT2D eigenvalue weighted by Gasteiger charge is -2.44. The van der Waals surface area contributed by atoms with Crippen LogP contribution in [0.25, 0.3) is 0 Å². The minimum atomic E-state index is -0.807. The molecule has 0 saturated carbocycles. The number of aromatic amines is 1. The van der Waals surface area contributed by atoms with Crippen molar-refractivity contribution in [3.63, 3.8) is 0 Å². The number of carbonyl (C=O) groups excluding carboxylic acids is 3. The van der Waals surface area contributed by atoms with Crippen LogP contribution in [0.15, 0.2) is 12.5 Å². The minimum absolute atomic E-state index is 0.0883. The Labute approximate surface area is 158 Å². The van der Waals surface area contributed by atoms with Gasteiger partial charge in [0, 0.05) is 18.4 Å². The summed E-state index contributed by atoms with van der Waals surface area (Å²) in [7, 11) is 1.85. The highest BCUT2D eigenvalue weighted by molar-refractivity contribution is 5.93. The van der Waals surface area contributed by atoms with Crippen molar-refractivity contribution in [3.05, 3.63) is 18.2 Å². The molecule has 0 radical (unpaired) electrons. The van der Waals surface area contributed by atoms with E-state index in [9.17, 15) is 14.4 Å². The van der Waals surface area contributed by atoms with Gasteiger partial charge in [-0.15, -0.1) is 0 Å². The maximum absolute atomic E-state index is 12.8. The van der Waals surface area contributed by atoms with E-state index >= 15 is 0 Å². The number of H-pyrrole nitrogens is 1. The van der Waals surface area contributed by atoms with Gasteiger partial charge in [-0.25, -0.2) is 4.98 Å². The summed E-state index contributed by atoms with van der Waals surface area (Å²) in [5, 5.41) is 2.84. The summed E-state index contributed by atoms with van der Waals surface area (Å²) >= 11 is 0. The fraction of sp³-hybridized carbons (Fsp3) is 0.667. The lowest BCUT2D eigenvalue weighted by molar-refractivity contribution is -0.150.